The van der Waals surface area contributed by atoms with Crippen molar-refractivity contribution in [3.63, 3.8) is 0 Å². The number of carbonyl (C=O) groups is 1. The van der Waals surface area contributed by atoms with Crippen LogP contribution >= 0.6 is 0 Å². The summed E-state index contributed by atoms with van der Waals surface area (Å²) in [5, 5.41) is 2.74. The van der Waals surface area contributed by atoms with Crippen LogP contribution in [0.1, 0.15) is 41.6 Å². The fraction of sp³-hybridized carbons (Fsp3) is 0.368. The molecular formula is C19H23N3O3S. The van der Waals surface area contributed by atoms with E-state index in [9.17, 15) is 13.2 Å². The van der Waals surface area contributed by atoms with Crippen LogP contribution in [-0.4, -0.2) is 36.7 Å². The zero-order chi connectivity index (χ0) is 18.6. The highest BCUT2D eigenvalue weighted by Crippen LogP contribution is 2.21. The summed E-state index contributed by atoms with van der Waals surface area (Å²) >= 11 is 0. The predicted molar refractivity (Wildman–Crippen MR) is 101 cm³/mol. The van der Waals surface area contributed by atoms with E-state index in [2.05, 4.69) is 10.3 Å². The second-order valence-electron chi connectivity index (χ2n) is 6.47. The molecule has 2 aromatic rings. The van der Waals surface area contributed by atoms with Crippen molar-refractivity contribution < 1.29 is 13.2 Å². The van der Waals surface area contributed by atoms with Crippen molar-refractivity contribution in [3.05, 3.63) is 53.7 Å². The van der Waals surface area contributed by atoms with Crippen LogP contribution in [0.2, 0.25) is 0 Å². The lowest BCUT2D eigenvalue weighted by atomic mass is 10.2. The quantitative estimate of drug-likeness (QED) is 0.892. The van der Waals surface area contributed by atoms with Crippen LogP contribution in [0, 0.1) is 6.92 Å². The normalized spacial score (nSPS) is 16.0. The largest absolute Gasteiger partial charge is 0.306 e. The first kappa shape index (κ1) is 18.5. The van der Waals surface area contributed by atoms with Gasteiger partial charge in [-0.05, 0) is 49.6 Å². The van der Waals surface area contributed by atoms with Gasteiger partial charge in [-0.3, -0.25) is 4.79 Å². The molecule has 0 radical (unpaired) electrons. The van der Waals surface area contributed by atoms with E-state index in [0.29, 0.717) is 24.5 Å². The fourth-order valence-electron chi connectivity index (χ4n) is 3.03. The summed E-state index contributed by atoms with van der Waals surface area (Å²) in [5.41, 5.74) is 1.14. The van der Waals surface area contributed by atoms with Crippen LogP contribution in [0.4, 0.5) is 5.82 Å². The summed E-state index contributed by atoms with van der Waals surface area (Å²) in [6, 6.07) is 9.83. The number of pyridine rings is 1. The number of aromatic nitrogens is 1. The van der Waals surface area contributed by atoms with Gasteiger partial charge >= 0.3 is 0 Å². The number of nitrogens with zero attached hydrogens (tertiary/aromatic N) is 2. The Morgan fingerprint density at radius 3 is 2.50 bits per heavy atom. The van der Waals surface area contributed by atoms with E-state index < -0.39 is 10.0 Å². The van der Waals surface area contributed by atoms with Gasteiger partial charge in [0.05, 0.1) is 4.90 Å². The van der Waals surface area contributed by atoms with Crippen LogP contribution in [0.25, 0.3) is 0 Å². The number of nitrogens with one attached hydrogen (secondary N) is 1. The fourth-order valence-corrected chi connectivity index (χ4v) is 4.59. The van der Waals surface area contributed by atoms with Crippen molar-refractivity contribution in [3.8, 4) is 0 Å². The van der Waals surface area contributed by atoms with Gasteiger partial charge in [-0.15, -0.1) is 0 Å². The van der Waals surface area contributed by atoms with Gasteiger partial charge in [0, 0.05) is 24.8 Å². The summed E-state index contributed by atoms with van der Waals surface area (Å²) < 4.78 is 27.3. The molecule has 1 aromatic heterocycles. The molecule has 6 nitrogen and oxygen atoms in total. The van der Waals surface area contributed by atoms with E-state index in [1.54, 1.807) is 30.5 Å². The number of hydrogen-bond donors (Lipinski definition) is 1. The van der Waals surface area contributed by atoms with Gasteiger partial charge in [0.15, 0.2) is 0 Å². The first-order valence-electron chi connectivity index (χ1n) is 8.82. The SMILES string of the molecule is Cc1cccnc1NC(=O)c1cccc(S(=O)(=O)N2CCCCCC2)c1. The highest BCUT2D eigenvalue weighted by atomic mass is 32.2. The first-order chi connectivity index (χ1) is 12.5. The topological polar surface area (TPSA) is 79.4 Å². The molecule has 1 aliphatic heterocycles. The molecule has 0 aliphatic carbocycles. The van der Waals surface area contributed by atoms with Crippen molar-refractivity contribution in [1.29, 1.82) is 0 Å². The number of amides is 1. The first-order valence-corrected chi connectivity index (χ1v) is 10.3. The molecule has 0 atom stereocenters. The Labute approximate surface area is 154 Å². The summed E-state index contributed by atoms with van der Waals surface area (Å²) in [6.45, 7) is 2.92. The maximum atomic E-state index is 12.9. The van der Waals surface area contributed by atoms with Gasteiger partial charge in [-0.25, -0.2) is 13.4 Å². The highest BCUT2D eigenvalue weighted by Gasteiger charge is 2.25. The molecule has 2 heterocycles. The molecule has 0 saturated carbocycles. The average molecular weight is 373 g/mol. The maximum absolute atomic E-state index is 12.9. The minimum absolute atomic E-state index is 0.157. The Kier molecular flexibility index (Phi) is 5.68. The van der Waals surface area contributed by atoms with Crippen molar-refractivity contribution in [1.82, 2.24) is 9.29 Å². The number of rotatable bonds is 4. The minimum Gasteiger partial charge on any atom is -0.306 e. The Balaban J connectivity index is 1.83. The van der Waals surface area contributed by atoms with Crippen LogP contribution in [0.3, 0.4) is 0 Å². The summed E-state index contributed by atoms with van der Waals surface area (Å²) in [6.07, 6.45) is 5.45. The molecule has 0 unspecified atom stereocenters. The Bertz CT molecular complexity index is 888. The zero-order valence-electron chi connectivity index (χ0n) is 14.8. The molecule has 1 saturated heterocycles. The van der Waals surface area contributed by atoms with E-state index in [4.69, 9.17) is 0 Å². The molecule has 1 fully saturated rings. The summed E-state index contributed by atoms with van der Waals surface area (Å²) in [7, 11) is -3.58. The molecule has 0 bridgehead atoms. The van der Waals surface area contributed by atoms with Gasteiger partial charge in [-0.2, -0.15) is 4.31 Å². The van der Waals surface area contributed by atoms with Crippen LogP contribution in [0.5, 0.6) is 0 Å². The number of hydrogen-bond acceptors (Lipinski definition) is 4. The molecule has 1 amide bonds. The number of aryl methyl sites for hydroxylation is 1. The monoisotopic (exact) mass is 373 g/mol. The predicted octanol–water partition coefficient (Wildman–Crippen LogP) is 3.21. The lowest BCUT2D eigenvalue weighted by molar-refractivity contribution is 0.102. The molecule has 3 rings (SSSR count). The lowest BCUT2D eigenvalue weighted by Crippen LogP contribution is -2.32. The second-order valence-corrected chi connectivity index (χ2v) is 8.41. The van der Waals surface area contributed by atoms with Gasteiger partial charge in [0.1, 0.15) is 5.82 Å². The van der Waals surface area contributed by atoms with E-state index in [-0.39, 0.29) is 10.8 Å². The molecule has 1 aliphatic rings. The van der Waals surface area contributed by atoms with Gasteiger partial charge in [-0.1, -0.05) is 25.0 Å². The van der Waals surface area contributed by atoms with Gasteiger partial charge < -0.3 is 5.32 Å². The molecular weight excluding hydrogens is 350 g/mol. The number of anilines is 1. The highest BCUT2D eigenvalue weighted by molar-refractivity contribution is 7.89. The van der Waals surface area contributed by atoms with E-state index in [1.807, 2.05) is 13.0 Å². The smallest absolute Gasteiger partial charge is 0.256 e. The Morgan fingerprint density at radius 2 is 1.81 bits per heavy atom. The van der Waals surface area contributed by atoms with Crippen LogP contribution in [-0.2, 0) is 10.0 Å². The Morgan fingerprint density at radius 1 is 1.08 bits per heavy atom. The van der Waals surface area contributed by atoms with Crippen molar-refractivity contribution in [2.75, 3.05) is 18.4 Å². The van der Waals surface area contributed by atoms with Crippen molar-refractivity contribution >= 4 is 21.7 Å². The van der Waals surface area contributed by atoms with Crippen molar-refractivity contribution in [2.24, 2.45) is 0 Å². The molecule has 138 valence electrons. The van der Waals surface area contributed by atoms with Gasteiger partial charge in [0.2, 0.25) is 10.0 Å². The third kappa shape index (κ3) is 4.11. The third-order valence-electron chi connectivity index (χ3n) is 4.54. The molecule has 1 aromatic carbocycles. The van der Waals surface area contributed by atoms with Crippen molar-refractivity contribution in [2.45, 2.75) is 37.5 Å². The van der Waals surface area contributed by atoms with Crippen LogP contribution in [0.15, 0.2) is 47.5 Å². The maximum Gasteiger partial charge on any atom is 0.256 e. The zero-order valence-corrected chi connectivity index (χ0v) is 15.6. The number of benzene rings is 1. The van der Waals surface area contributed by atoms with E-state index in [0.717, 1.165) is 31.2 Å². The summed E-state index contributed by atoms with van der Waals surface area (Å²) in [4.78, 5) is 16.8. The standard InChI is InChI=1S/C19H23N3O3S/c1-15-8-7-11-20-18(15)21-19(23)16-9-6-10-17(14-16)26(24,25)22-12-4-2-3-5-13-22/h6-11,14H,2-5,12-13H2,1H3,(H,20,21,23). The summed E-state index contributed by atoms with van der Waals surface area (Å²) in [5.74, 6) is 0.0954. The van der Waals surface area contributed by atoms with E-state index in [1.165, 1.54) is 10.4 Å². The Hall–Kier alpha value is -2.25. The third-order valence-corrected chi connectivity index (χ3v) is 6.44. The molecule has 1 N–H and O–H groups in total. The molecule has 7 heteroatoms. The van der Waals surface area contributed by atoms with Gasteiger partial charge in [0.25, 0.3) is 5.91 Å². The minimum atomic E-state index is -3.58. The van der Waals surface area contributed by atoms with Crippen LogP contribution < -0.4 is 5.32 Å². The second kappa shape index (κ2) is 7.97. The molecule has 26 heavy (non-hydrogen) atoms. The number of sulfonamides is 1. The lowest BCUT2D eigenvalue weighted by Gasteiger charge is -2.20. The average Bonchev–Trinajstić information content (AvgIpc) is 2.94. The number of carbonyl (C=O) groups excluding carboxylic acids is 1. The van der Waals surface area contributed by atoms with E-state index >= 15 is 0 Å². The molecule has 0 spiro atoms.